The van der Waals surface area contributed by atoms with Gasteiger partial charge in [-0.05, 0) is 36.1 Å². The monoisotopic (exact) mass is 292 g/mol. The summed E-state index contributed by atoms with van der Waals surface area (Å²) in [6.45, 7) is 0. The van der Waals surface area contributed by atoms with E-state index in [2.05, 4.69) is 0 Å². The number of Topliss-reactive ketones (excluding diaryl/α,β-unsaturated/α-hetero) is 1. The van der Waals surface area contributed by atoms with Gasteiger partial charge in [0.1, 0.15) is 0 Å². The number of carbonyl (C=O) groups excluding carboxylic acids is 1. The lowest BCUT2D eigenvalue weighted by Gasteiger charge is -2.10. The van der Waals surface area contributed by atoms with Gasteiger partial charge in [0.2, 0.25) is 0 Å². The van der Waals surface area contributed by atoms with Gasteiger partial charge in [0.15, 0.2) is 17.4 Å². The van der Waals surface area contributed by atoms with Crippen molar-refractivity contribution in [2.24, 2.45) is 5.92 Å². The van der Waals surface area contributed by atoms with E-state index in [1.165, 1.54) is 0 Å². The summed E-state index contributed by atoms with van der Waals surface area (Å²) < 4.78 is 26.3. The Hall–Kier alpha value is -1.74. The lowest BCUT2D eigenvalue weighted by molar-refractivity contribution is 0.0924. The Labute approximate surface area is 120 Å². The highest BCUT2D eigenvalue weighted by Gasteiger charge is 2.29. The number of benzene rings is 2. The van der Waals surface area contributed by atoms with Crippen molar-refractivity contribution in [3.8, 4) is 0 Å². The fourth-order valence-corrected chi connectivity index (χ4v) is 2.92. The molecule has 20 heavy (non-hydrogen) atoms. The third kappa shape index (κ3) is 2.22. The normalized spacial score (nSPS) is 14.3. The van der Waals surface area contributed by atoms with Crippen molar-refractivity contribution in [3.63, 3.8) is 0 Å². The molecule has 0 atom stereocenters. The number of carbonyl (C=O) groups is 1. The van der Waals surface area contributed by atoms with Crippen molar-refractivity contribution in [3.05, 3.63) is 69.7 Å². The summed E-state index contributed by atoms with van der Waals surface area (Å²) in [5, 5.41) is -0.0372. The zero-order valence-corrected chi connectivity index (χ0v) is 11.3. The van der Waals surface area contributed by atoms with Crippen molar-refractivity contribution in [2.75, 3.05) is 0 Å². The van der Waals surface area contributed by atoms with Gasteiger partial charge in [-0.3, -0.25) is 4.79 Å². The first-order valence-electron chi connectivity index (χ1n) is 6.32. The quantitative estimate of drug-likeness (QED) is 0.598. The summed E-state index contributed by atoms with van der Waals surface area (Å²) in [7, 11) is 0. The summed E-state index contributed by atoms with van der Waals surface area (Å²) >= 11 is 5.86. The van der Waals surface area contributed by atoms with Crippen molar-refractivity contribution < 1.29 is 13.6 Å². The maximum absolute atomic E-state index is 13.3. The zero-order chi connectivity index (χ0) is 14.3. The first-order chi connectivity index (χ1) is 9.56. The highest BCUT2D eigenvalue weighted by Crippen LogP contribution is 2.31. The van der Waals surface area contributed by atoms with E-state index in [9.17, 15) is 13.6 Å². The van der Waals surface area contributed by atoms with Crippen molar-refractivity contribution in [1.82, 2.24) is 0 Å². The molecule has 3 rings (SSSR count). The molecule has 0 radical (unpaired) electrons. The van der Waals surface area contributed by atoms with Gasteiger partial charge in [-0.25, -0.2) is 8.78 Å². The van der Waals surface area contributed by atoms with Gasteiger partial charge >= 0.3 is 0 Å². The van der Waals surface area contributed by atoms with Crippen molar-refractivity contribution in [1.29, 1.82) is 0 Å². The van der Waals surface area contributed by atoms with Crippen LogP contribution in [0.2, 0.25) is 5.02 Å². The molecule has 4 heteroatoms. The Bertz CT molecular complexity index is 672. The average molecular weight is 293 g/mol. The molecule has 0 bridgehead atoms. The van der Waals surface area contributed by atoms with Crippen LogP contribution in [0.5, 0.6) is 0 Å². The van der Waals surface area contributed by atoms with Gasteiger partial charge in [-0.1, -0.05) is 35.9 Å². The Morgan fingerprint density at radius 2 is 1.60 bits per heavy atom. The van der Waals surface area contributed by atoms with Crippen LogP contribution in [0, 0.1) is 17.6 Å². The number of hydrogen-bond acceptors (Lipinski definition) is 1. The molecule has 0 fully saturated rings. The van der Waals surface area contributed by atoms with Gasteiger partial charge in [-0.15, -0.1) is 0 Å². The fraction of sp³-hybridized carbons (Fsp3) is 0.188. The van der Waals surface area contributed by atoms with Crippen LogP contribution in [0.15, 0.2) is 36.4 Å². The maximum Gasteiger partial charge on any atom is 0.168 e. The lowest BCUT2D eigenvalue weighted by Crippen LogP contribution is -2.16. The highest BCUT2D eigenvalue weighted by molar-refractivity contribution is 6.34. The van der Waals surface area contributed by atoms with E-state index >= 15 is 0 Å². The number of rotatable bonds is 2. The molecule has 1 aliphatic rings. The third-order valence-electron chi connectivity index (χ3n) is 3.70. The molecule has 2 aromatic rings. The molecule has 1 aliphatic carbocycles. The van der Waals surface area contributed by atoms with E-state index in [-0.39, 0.29) is 22.3 Å². The second-order valence-corrected chi connectivity index (χ2v) is 5.39. The van der Waals surface area contributed by atoms with E-state index in [1.54, 1.807) is 0 Å². The minimum absolute atomic E-state index is 0.0372. The smallest absolute Gasteiger partial charge is 0.168 e. The zero-order valence-electron chi connectivity index (χ0n) is 10.5. The SMILES string of the molecule is O=C(c1cc(F)c(F)cc1Cl)C1Cc2ccccc2C1. The van der Waals surface area contributed by atoms with Gasteiger partial charge in [-0.2, -0.15) is 0 Å². The van der Waals surface area contributed by atoms with Gasteiger partial charge < -0.3 is 0 Å². The molecule has 0 aromatic heterocycles. The molecular weight excluding hydrogens is 282 g/mol. The molecule has 0 saturated carbocycles. The summed E-state index contributed by atoms with van der Waals surface area (Å²) in [6, 6.07) is 9.56. The first kappa shape index (κ1) is 13.3. The number of fused-ring (bicyclic) bond motifs is 1. The molecule has 0 aliphatic heterocycles. The molecule has 0 amide bonds. The van der Waals surface area contributed by atoms with Crippen LogP contribution in [0.25, 0.3) is 0 Å². The molecule has 0 saturated heterocycles. The predicted molar refractivity (Wildman–Crippen MR) is 73.0 cm³/mol. The van der Waals surface area contributed by atoms with Crippen LogP contribution in [-0.4, -0.2) is 5.78 Å². The average Bonchev–Trinajstić information content (AvgIpc) is 2.86. The summed E-state index contributed by atoms with van der Waals surface area (Å²) in [6.07, 6.45) is 1.23. The van der Waals surface area contributed by atoms with Crippen molar-refractivity contribution >= 4 is 17.4 Å². The number of ketones is 1. The largest absolute Gasteiger partial charge is 0.294 e. The second kappa shape index (κ2) is 4.98. The molecule has 102 valence electrons. The van der Waals surface area contributed by atoms with E-state index < -0.39 is 11.6 Å². The standard InChI is InChI=1S/C16H11ClF2O/c17-13-8-15(19)14(18)7-12(13)16(20)11-5-9-3-1-2-4-10(9)6-11/h1-4,7-8,11H,5-6H2. The number of hydrogen-bond donors (Lipinski definition) is 0. The van der Waals surface area contributed by atoms with Gasteiger partial charge in [0, 0.05) is 11.5 Å². The Kier molecular flexibility index (Phi) is 3.30. The maximum atomic E-state index is 13.3. The highest BCUT2D eigenvalue weighted by atomic mass is 35.5. The van der Waals surface area contributed by atoms with Crippen LogP contribution in [0.4, 0.5) is 8.78 Å². The Morgan fingerprint density at radius 1 is 1.05 bits per heavy atom. The molecule has 2 aromatic carbocycles. The van der Waals surface area contributed by atoms with Gasteiger partial charge in [0.25, 0.3) is 0 Å². The Morgan fingerprint density at radius 3 is 2.20 bits per heavy atom. The van der Waals surface area contributed by atoms with Gasteiger partial charge in [0.05, 0.1) is 5.02 Å². The molecule has 1 nitrogen and oxygen atoms in total. The fourth-order valence-electron chi connectivity index (χ4n) is 2.68. The minimum atomic E-state index is -1.05. The minimum Gasteiger partial charge on any atom is -0.294 e. The molecule has 0 N–H and O–H groups in total. The first-order valence-corrected chi connectivity index (χ1v) is 6.69. The second-order valence-electron chi connectivity index (χ2n) is 4.98. The molecule has 0 spiro atoms. The van der Waals surface area contributed by atoms with Crippen LogP contribution in [0.3, 0.4) is 0 Å². The van der Waals surface area contributed by atoms with Crippen LogP contribution in [0.1, 0.15) is 21.5 Å². The molecule has 0 heterocycles. The van der Waals surface area contributed by atoms with E-state index in [0.29, 0.717) is 12.8 Å². The van der Waals surface area contributed by atoms with E-state index in [0.717, 1.165) is 23.3 Å². The Balaban J connectivity index is 1.90. The van der Waals surface area contributed by atoms with E-state index in [4.69, 9.17) is 11.6 Å². The molecular formula is C16H11ClF2O. The lowest BCUT2D eigenvalue weighted by atomic mass is 9.95. The topological polar surface area (TPSA) is 17.1 Å². The summed E-state index contributed by atoms with van der Waals surface area (Å²) in [4.78, 5) is 12.4. The predicted octanol–water partition coefficient (Wildman–Crippen LogP) is 4.22. The number of halogens is 3. The summed E-state index contributed by atoms with van der Waals surface area (Å²) in [5.74, 6) is -2.57. The van der Waals surface area contributed by atoms with Crippen LogP contribution in [-0.2, 0) is 12.8 Å². The van der Waals surface area contributed by atoms with E-state index in [1.807, 2.05) is 24.3 Å². The third-order valence-corrected chi connectivity index (χ3v) is 4.01. The van der Waals surface area contributed by atoms with Crippen LogP contribution < -0.4 is 0 Å². The molecule has 0 unspecified atom stereocenters. The van der Waals surface area contributed by atoms with Crippen LogP contribution >= 0.6 is 11.6 Å². The summed E-state index contributed by atoms with van der Waals surface area (Å²) in [5.41, 5.74) is 2.32. The van der Waals surface area contributed by atoms with Crippen molar-refractivity contribution in [2.45, 2.75) is 12.8 Å².